The van der Waals surface area contributed by atoms with Gasteiger partial charge in [-0.05, 0) is 49.2 Å². The maximum Gasteiger partial charge on any atom is 0.272 e. The molecule has 0 bridgehead atoms. The van der Waals surface area contributed by atoms with Gasteiger partial charge in [-0.1, -0.05) is 15.9 Å². The highest BCUT2D eigenvalue weighted by Crippen LogP contribution is 2.25. The van der Waals surface area contributed by atoms with Crippen molar-refractivity contribution < 1.29 is 13.6 Å². The van der Waals surface area contributed by atoms with Crippen LogP contribution in [0.2, 0.25) is 0 Å². The number of amides is 1. The number of hydrogen-bond acceptors (Lipinski definition) is 1. The number of anilines is 1. The smallest absolute Gasteiger partial charge is 0.272 e. The second kappa shape index (κ2) is 6.39. The highest BCUT2D eigenvalue weighted by atomic mass is 79.9. The Morgan fingerprint density at radius 2 is 1.95 bits per heavy atom. The number of carbonyl (C=O) groups excluding carboxylic acids is 1. The van der Waals surface area contributed by atoms with Crippen LogP contribution >= 0.6 is 15.9 Å². The minimum absolute atomic E-state index is 0.216. The second-order valence-corrected chi connectivity index (χ2v) is 5.61. The topological polar surface area (TPSA) is 34.0 Å². The molecule has 3 nitrogen and oxygen atoms in total. The quantitative estimate of drug-likeness (QED) is 0.866. The van der Waals surface area contributed by atoms with Crippen molar-refractivity contribution >= 4 is 27.5 Å². The van der Waals surface area contributed by atoms with Crippen LogP contribution in [0, 0.1) is 13.8 Å². The molecule has 0 atom stereocenters. The summed E-state index contributed by atoms with van der Waals surface area (Å²) >= 11 is 3.46. The van der Waals surface area contributed by atoms with Crippen LogP contribution in [0.25, 0.3) is 0 Å². The van der Waals surface area contributed by atoms with Crippen molar-refractivity contribution in [1.82, 2.24) is 4.57 Å². The maximum atomic E-state index is 12.5. The van der Waals surface area contributed by atoms with Crippen molar-refractivity contribution in [2.45, 2.75) is 26.8 Å². The number of carbonyl (C=O) groups is 1. The van der Waals surface area contributed by atoms with Crippen LogP contribution in [0.5, 0.6) is 0 Å². The van der Waals surface area contributed by atoms with Crippen molar-refractivity contribution in [3.63, 3.8) is 0 Å². The predicted molar refractivity (Wildman–Crippen MR) is 82.0 cm³/mol. The number of aromatic nitrogens is 1. The summed E-state index contributed by atoms with van der Waals surface area (Å²) in [6.45, 7) is 3.35. The Labute approximate surface area is 130 Å². The molecule has 2 rings (SSSR count). The number of rotatable bonds is 4. The van der Waals surface area contributed by atoms with Crippen LogP contribution in [-0.2, 0) is 6.54 Å². The van der Waals surface area contributed by atoms with Gasteiger partial charge < -0.3 is 9.88 Å². The van der Waals surface area contributed by atoms with Gasteiger partial charge >= 0.3 is 0 Å². The Balaban J connectivity index is 2.21. The number of nitrogens with one attached hydrogen (secondary N) is 1. The van der Waals surface area contributed by atoms with Crippen molar-refractivity contribution in [2.75, 3.05) is 5.32 Å². The van der Waals surface area contributed by atoms with Crippen LogP contribution in [-0.4, -0.2) is 16.9 Å². The highest BCUT2D eigenvalue weighted by molar-refractivity contribution is 9.10. The first-order valence-electron chi connectivity index (χ1n) is 6.40. The van der Waals surface area contributed by atoms with Gasteiger partial charge in [-0.25, -0.2) is 8.78 Å². The van der Waals surface area contributed by atoms with E-state index in [1.165, 1.54) is 16.8 Å². The van der Waals surface area contributed by atoms with E-state index in [1.54, 1.807) is 6.07 Å². The third kappa shape index (κ3) is 3.69. The summed E-state index contributed by atoms with van der Waals surface area (Å²) < 4.78 is 27.2. The summed E-state index contributed by atoms with van der Waals surface area (Å²) in [5, 5.41) is 2.74. The first-order valence-corrected chi connectivity index (χ1v) is 7.19. The van der Waals surface area contributed by atoms with E-state index in [1.807, 2.05) is 26.0 Å². The first kappa shape index (κ1) is 15.7. The van der Waals surface area contributed by atoms with Gasteiger partial charge in [-0.2, -0.15) is 0 Å². The Bertz CT molecular complexity index is 644. The Kier molecular flexibility index (Phi) is 4.77. The summed E-state index contributed by atoms with van der Waals surface area (Å²) in [6.07, 6.45) is -1.03. The van der Waals surface area contributed by atoms with Crippen LogP contribution in [0.15, 0.2) is 34.9 Å². The fourth-order valence-corrected chi connectivity index (χ4v) is 2.37. The monoisotopic (exact) mass is 356 g/mol. The molecule has 0 radical (unpaired) electrons. The number of benzene rings is 1. The van der Waals surface area contributed by atoms with Crippen LogP contribution in [0.4, 0.5) is 14.5 Å². The summed E-state index contributed by atoms with van der Waals surface area (Å²) in [6, 6.07) is 6.76. The molecule has 1 amide bonds. The van der Waals surface area contributed by atoms with Crippen LogP contribution in [0.3, 0.4) is 0 Å². The molecule has 2 aromatic rings. The fourth-order valence-electron chi connectivity index (χ4n) is 2.14. The molecule has 0 spiro atoms. The lowest BCUT2D eigenvalue weighted by molar-refractivity contribution is 0.0998. The Hall–Kier alpha value is -1.69. The summed E-state index contributed by atoms with van der Waals surface area (Å²) in [5.41, 5.74) is 2.85. The number of hydrogen-bond donors (Lipinski definition) is 1. The first-order chi connectivity index (χ1) is 9.88. The van der Waals surface area contributed by atoms with E-state index >= 15 is 0 Å². The zero-order chi connectivity index (χ0) is 15.6. The molecule has 0 aliphatic rings. The number of alkyl halides is 2. The van der Waals surface area contributed by atoms with Gasteiger partial charge in [0.2, 0.25) is 0 Å². The van der Waals surface area contributed by atoms with Gasteiger partial charge in [0.25, 0.3) is 12.3 Å². The van der Waals surface area contributed by atoms with Gasteiger partial charge in [0.05, 0.1) is 6.54 Å². The van der Waals surface area contributed by atoms with Crippen LogP contribution in [0.1, 0.15) is 21.6 Å². The zero-order valence-electron chi connectivity index (χ0n) is 11.7. The Morgan fingerprint density at radius 3 is 2.52 bits per heavy atom. The third-order valence-corrected chi connectivity index (χ3v) is 4.34. The molecule has 0 aliphatic heterocycles. The van der Waals surface area contributed by atoms with Gasteiger partial charge in [-0.15, -0.1) is 0 Å². The van der Waals surface area contributed by atoms with Crippen molar-refractivity contribution in [1.29, 1.82) is 0 Å². The predicted octanol–water partition coefficient (Wildman–Crippen LogP) is 4.38. The molecule has 1 N–H and O–H groups in total. The number of nitrogens with zero attached hydrogens (tertiary/aromatic N) is 1. The summed E-state index contributed by atoms with van der Waals surface area (Å²) in [7, 11) is 0. The highest BCUT2D eigenvalue weighted by Gasteiger charge is 2.14. The van der Waals surface area contributed by atoms with Gasteiger partial charge in [0.1, 0.15) is 5.69 Å². The average Bonchev–Trinajstić information content (AvgIpc) is 2.83. The lowest BCUT2D eigenvalue weighted by Gasteiger charge is -2.11. The molecule has 0 fully saturated rings. The molecule has 0 saturated carbocycles. The molecule has 0 saturated heterocycles. The van der Waals surface area contributed by atoms with E-state index in [-0.39, 0.29) is 5.69 Å². The Morgan fingerprint density at radius 1 is 1.33 bits per heavy atom. The van der Waals surface area contributed by atoms with E-state index in [9.17, 15) is 13.6 Å². The average molecular weight is 357 g/mol. The molecule has 0 aliphatic carbocycles. The minimum Gasteiger partial charge on any atom is -0.338 e. The van der Waals surface area contributed by atoms with Crippen LogP contribution < -0.4 is 5.32 Å². The molecule has 6 heteroatoms. The molecule has 1 heterocycles. The number of aryl methyl sites for hydroxylation is 2. The van der Waals surface area contributed by atoms with E-state index in [2.05, 4.69) is 21.2 Å². The summed E-state index contributed by atoms with van der Waals surface area (Å²) in [4.78, 5) is 12.2. The molecule has 1 aromatic heterocycles. The van der Waals surface area contributed by atoms with Gasteiger partial charge in [-0.3, -0.25) is 4.79 Å². The van der Waals surface area contributed by atoms with E-state index in [0.29, 0.717) is 5.69 Å². The standard InChI is InChI=1S/C15H15BrF2N2O/c1-9-6-11(7-10(2)14(9)16)19-15(21)12-4-3-5-20(12)8-13(17)18/h3-7,13H,8H2,1-2H3,(H,19,21). The molecular weight excluding hydrogens is 342 g/mol. The van der Waals surface area contributed by atoms with E-state index in [0.717, 1.165) is 15.6 Å². The zero-order valence-corrected chi connectivity index (χ0v) is 13.2. The van der Waals surface area contributed by atoms with Crippen molar-refractivity contribution in [3.05, 3.63) is 51.8 Å². The van der Waals surface area contributed by atoms with Crippen molar-refractivity contribution in [2.24, 2.45) is 0 Å². The normalized spacial score (nSPS) is 11.0. The SMILES string of the molecule is Cc1cc(NC(=O)c2cccn2CC(F)F)cc(C)c1Br. The van der Waals surface area contributed by atoms with E-state index < -0.39 is 18.9 Å². The largest absolute Gasteiger partial charge is 0.338 e. The van der Waals surface area contributed by atoms with Gasteiger partial charge in [0.15, 0.2) is 0 Å². The molecule has 112 valence electrons. The minimum atomic E-state index is -2.50. The molecule has 1 aromatic carbocycles. The molecule has 21 heavy (non-hydrogen) atoms. The van der Waals surface area contributed by atoms with E-state index in [4.69, 9.17) is 0 Å². The number of halogens is 3. The third-order valence-electron chi connectivity index (χ3n) is 3.09. The lowest BCUT2D eigenvalue weighted by Crippen LogP contribution is -2.19. The van der Waals surface area contributed by atoms with Crippen molar-refractivity contribution in [3.8, 4) is 0 Å². The fraction of sp³-hybridized carbons (Fsp3) is 0.267. The van der Waals surface area contributed by atoms with Gasteiger partial charge in [0, 0.05) is 16.4 Å². The maximum absolute atomic E-state index is 12.5. The lowest BCUT2D eigenvalue weighted by atomic mass is 10.1. The summed E-state index contributed by atoms with van der Waals surface area (Å²) in [5.74, 6) is -0.401. The molecule has 0 unspecified atom stereocenters. The molecular formula is C15H15BrF2N2O. The second-order valence-electron chi connectivity index (χ2n) is 4.82.